The number of aryl methyl sites for hydroxylation is 1. The van der Waals surface area contributed by atoms with Gasteiger partial charge in [-0.15, -0.1) is 12.4 Å². The minimum absolute atomic E-state index is 0. The number of halogens is 2. The molecule has 0 aliphatic carbocycles. The van der Waals surface area contributed by atoms with Crippen molar-refractivity contribution in [3.63, 3.8) is 0 Å². The maximum absolute atomic E-state index is 13.9. The first-order valence-electron chi connectivity index (χ1n) is 7.69. The Balaban J connectivity index is 0.00000192. The van der Waals surface area contributed by atoms with Gasteiger partial charge in [0.1, 0.15) is 10.7 Å². The van der Waals surface area contributed by atoms with Crippen molar-refractivity contribution < 1.29 is 12.8 Å². The lowest BCUT2D eigenvalue weighted by molar-refractivity contribution is 0.179. The van der Waals surface area contributed by atoms with E-state index in [-0.39, 0.29) is 23.3 Å². The smallest absolute Gasteiger partial charge is 0.246 e. The highest BCUT2D eigenvalue weighted by atomic mass is 35.5. The van der Waals surface area contributed by atoms with Crippen LogP contribution in [0.3, 0.4) is 0 Å². The third-order valence-corrected chi connectivity index (χ3v) is 6.38. The summed E-state index contributed by atoms with van der Waals surface area (Å²) < 4.78 is 40.8. The van der Waals surface area contributed by atoms with E-state index in [1.165, 1.54) is 16.4 Å². The number of hydrogen-bond donors (Lipinski definition) is 1. The molecule has 23 heavy (non-hydrogen) atoms. The number of benzene rings is 1. The van der Waals surface area contributed by atoms with E-state index in [1.54, 1.807) is 13.0 Å². The summed E-state index contributed by atoms with van der Waals surface area (Å²) in [5.74, 6) is -0.670. The van der Waals surface area contributed by atoms with Crippen molar-refractivity contribution in [1.29, 1.82) is 0 Å². The number of sulfonamides is 1. The van der Waals surface area contributed by atoms with Crippen LogP contribution in [0, 0.1) is 12.7 Å². The molecule has 0 saturated carbocycles. The summed E-state index contributed by atoms with van der Waals surface area (Å²) in [6.45, 7) is 6.45. The maximum atomic E-state index is 13.9. The number of hydrogen-bond acceptors (Lipinski definition) is 4. The molecule has 1 N–H and O–H groups in total. The molecular formula is C15H23ClFN3O2S. The molecule has 2 aliphatic heterocycles. The first kappa shape index (κ1) is 18.6. The third-order valence-electron chi connectivity index (χ3n) is 4.50. The van der Waals surface area contributed by atoms with Crippen LogP contribution in [0.25, 0.3) is 0 Å². The second-order valence-electron chi connectivity index (χ2n) is 6.03. The van der Waals surface area contributed by atoms with Crippen LogP contribution in [-0.4, -0.2) is 62.9 Å². The van der Waals surface area contributed by atoms with Crippen molar-refractivity contribution in [2.75, 3.05) is 39.3 Å². The van der Waals surface area contributed by atoms with Gasteiger partial charge in [0.15, 0.2) is 0 Å². The average Bonchev–Trinajstić information content (AvgIpc) is 3.01. The highest BCUT2D eigenvalue weighted by Crippen LogP contribution is 2.26. The zero-order valence-corrected chi connectivity index (χ0v) is 14.8. The lowest BCUT2D eigenvalue weighted by Gasteiger charge is -2.32. The first-order valence-corrected chi connectivity index (χ1v) is 9.13. The van der Waals surface area contributed by atoms with E-state index in [0.29, 0.717) is 13.1 Å². The maximum Gasteiger partial charge on any atom is 0.246 e. The SMILES string of the molecule is Cc1ccc(F)c(S(=O)(=O)N2CCC(N3CCNCC3)C2)c1.Cl. The van der Waals surface area contributed by atoms with Gasteiger partial charge in [-0.1, -0.05) is 6.07 Å². The molecule has 2 heterocycles. The van der Waals surface area contributed by atoms with E-state index in [4.69, 9.17) is 0 Å². The molecule has 1 atom stereocenters. The normalized spacial score (nSPS) is 23.7. The quantitative estimate of drug-likeness (QED) is 0.877. The van der Waals surface area contributed by atoms with Gasteiger partial charge in [0, 0.05) is 45.3 Å². The summed E-state index contributed by atoms with van der Waals surface area (Å²) in [7, 11) is -3.75. The summed E-state index contributed by atoms with van der Waals surface area (Å²) in [5.41, 5.74) is 0.748. The Morgan fingerprint density at radius 3 is 2.61 bits per heavy atom. The molecular weight excluding hydrogens is 341 g/mol. The van der Waals surface area contributed by atoms with Crippen molar-refractivity contribution in [3.05, 3.63) is 29.6 Å². The highest BCUT2D eigenvalue weighted by Gasteiger charge is 2.36. The minimum atomic E-state index is -3.75. The predicted octanol–water partition coefficient (Wildman–Crippen LogP) is 1.22. The Morgan fingerprint density at radius 2 is 1.91 bits per heavy atom. The van der Waals surface area contributed by atoms with Crippen LogP contribution < -0.4 is 5.32 Å². The number of nitrogens with zero attached hydrogens (tertiary/aromatic N) is 2. The average molecular weight is 364 g/mol. The van der Waals surface area contributed by atoms with Gasteiger partial charge in [-0.25, -0.2) is 12.8 Å². The summed E-state index contributed by atoms with van der Waals surface area (Å²) in [6.07, 6.45) is 0.812. The Morgan fingerprint density at radius 1 is 1.22 bits per heavy atom. The van der Waals surface area contributed by atoms with Crippen LogP contribution in [0.4, 0.5) is 4.39 Å². The summed E-state index contributed by atoms with van der Waals surface area (Å²) in [6, 6.07) is 4.47. The molecule has 8 heteroatoms. The minimum Gasteiger partial charge on any atom is -0.314 e. The Hall–Kier alpha value is -0.730. The second kappa shape index (κ2) is 7.44. The molecule has 0 amide bonds. The second-order valence-corrected chi connectivity index (χ2v) is 7.93. The lowest BCUT2D eigenvalue weighted by atomic mass is 10.2. The third kappa shape index (κ3) is 3.85. The Bertz CT molecular complexity index is 650. The standard InChI is InChI=1S/C15H22FN3O2S.ClH/c1-12-2-3-14(16)15(10-12)22(20,21)19-7-4-13(11-19)18-8-5-17-6-9-18;/h2-3,10,13,17H,4-9,11H2,1H3;1H. The highest BCUT2D eigenvalue weighted by molar-refractivity contribution is 7.89. The first-order chi connectivity index (χ1) is 10.5. The van der Waals surface area contributed by atoms with Crippen molar-refractivity contribution in [2.24, 2.45) is 0 Å². The molecule has 0 radical (unpaired) electrons. The van der Waals surface area contributed by atoms with E-state index in [0.717, 1.165) is 38.2 Å². The zero-order chi connectivity index (χ0) is 15.7. The molecule has 3 rings (SSSR count). The molecule has 1 aromatic rings. The van der Waals surface area contributed by atoms with E-state index in [1.807, 2.05) is 0 Å². The Labute approximate surface area is 143 Å². The summed E-state index contributed by atoms with van der Waals surface area (Å²) in [5, 5.41) is 3.30. The molecule has 0 bridgehead atoms. The zero-order valence-electron chi connectivity index (χ0n) is 13.2. The monoisotopic (exact) mass is 363 g/mol. The number of rotatable bonds is 3. The van der Waals surface area contributed by atoms with Crippen LogP contribution in [0.1, 0.15) is 12.0 Å². The van der Waals surface area contributed by atoms with Gasteiger partial charge in [0.05, 0.1) is 0 Å². The van der Waals surface area contributed by atoms with Crippen LogP contribution in [0.15, 0.2) is 23.1 Å². The predicted molar refractivity (Wildman–Crippen MR) is 90.0 cm³/mol. The van der Waals surface area contributed by atoms with Crippen molar-refractivity contribution in [3.8, 4) is 0 Å². The van der Waals surface area contributed by atoms with Crippen LogP contribution in [0.5, 0.6) is 0 Å². The van der Waals surface area contributed by atoms with Crippen molar-refractivity contribution in [2.45, 2.75) is 24.3 Å². The van der Waals surface area contributed by atoms with Crippen molar-refractivity contribution >= 4 is 22.4 Å². The molecule has 1 aromatic carbocycles. The van der Waals surface area contributed by atoms with Gasteiger partial charge in [0.25, 0.3) is 0 Å². The van der Waals surface area contributed by atoms with Gasteiger partial charge < -0.3 is 5.32 Å². The number of piperazine rings is 1. The lowest BCUT2D eigenvalue weighted by Crippen LogP contribution is -2.49. The van der Waals surface area contributed by atoms with Gasteiger partial charge in [0.2, 0.25) is 10.0 Å². The largest absolute Gasteiger partial charge is 0.314 e. The van der Waals surface area contributed by atoms with E-state index in [9.17, 15) is 12.8 Å². The van der Waals surface area contributed by atoms with Crippen molar-refractivity contribution in [1.82, 2.24) is 14.5 Å². The van der Waals surface area contributed by atoms with Gasteiger partial charge in [-0.2, -0.15) is 4.31 Å². The molecule has 0 spiro atoms. The fourth-order valence-electron chi connectivity index (χ4n) is 3.22. The van der Waals surface area contributed by atoms with Crippen LogP contribution >= 0.6 is 12.4 Å². The van der Waals surface area contributed by atoms with Crippen LogP contribution in [0.2, 0.25) is 0 Å². The van der Waals surface area contributed by atoms with Crippen LogP contribution in [-0.2, 0) is 10.0 Å². The van der Waals surface area contributed by atoms with E-state index in [2.05, 4.69) is 10.2 Å². The number of nitrogens with one attached hydrogen (secondary N) is 1. The fourth-order valence-corrected chi connectivity index (χ4v) is 4.86. The molecule has 1 unspecified atom stereocenters. The van der Waals surface area contributed by atoms with E-state index >= 15 is 0 Å². The topological polar surface area (TPSA) is 52.7 Å². The summed E-state index contributed by atoms with van der Waals surface area (Å²) >= 11 is 0. The van der Waals surface area contributed by atoms with Gasteiger partial charge in [-0.3, -0.25) is 4.90 Å². The molecule has 0 aromatic heterocycles. The Kier molecular flexibility index (Phi) is 6.02. The van der Waals surface area contributed by atoms with E-state index < -0.39 is 15.8 Å². The molecule has 2 aliphatic rings. The molecule has 2 saturated heterocycles. The van der Waals surface area contributed by atoms with Gasteiger partial charge in [-0.05, 0) is 31.0 Å². The summed E-state index contributed by atoms with van der Waals surface area (Å²) in [4.78, 5) is 2.13. The van der Waals surface area contributed by atoms with Gasteiger partial charge >= 0.3 is 0 Å². The molecule has 2 fully saturated rings. The molecule has 130 valence electrons. The molecule has 5 nitrogen and oxygen atoms in total. The fraction of sp³-hybridized carbons (Fsp3) is 0.600.